The third kappa shape index (κ3) is 2.74. The number of rotatable bonds is 2. The van der Waals surface area contributed by atoms with E-state index in [-0.39, 0.29) is 10.0 Å². The molecule has 2 saturated heterocycles. The second kappa shape index (κ2) is 5.93. The fraction of sp³-hybridized carbons (Fsp3) is 1.00. The van der Waals surface area contributed by atoms with Gasteiger partial charge in [-0.1, -0.05) is 13.8 Å². The molecule has 6 fully saturated rings. The first-order valence-corrected chi connectivity index (χ1v) is 14.9. The van der Waals surface area contributed by atoms with Crippen molar-refractivity contribution in [2.45, 2.75) is 51.2 Å². The third-order valence-electron chi connectivity index (χ3n) is 10.8. The van der Waals surface area contributed by atoms with Gasteiger partial charge in [-0.2, -0.15) is 0 Å². The van der Waals surface area contributed by atoms with Gasteiger partial charge in [0.05, 0.1) is 0 Å². The first-order chi connectivity index (χ1) is 12.9. The third-order valence-corrected chi connectivity index (χ3v) is 14.3. The highest BCUT2D eigenvalue weighted by molar-refractivity contribution is 8.33. The van der Waals surface area contributed by atoms with Crippen molar-refractivity contribution in [2.24, 2.45) is 65.1 Å². The zero-order valence-electron chi connectivity index (χ0n) is 18.4. The topological polar surface area (TPSA) is 3.24 Å². The van der Waals surface area contributed by atoms with Gasteiger partial charge in [-0.3, -0.25) is 0 Å². The lowest BCUT2D eigenvalue weighted by atomic mass is 9.62. The molecule has 4 saturated carbocycles. The number of likely N-dealkylation sites (tertiary alicyclic amines) is 1. The molecule has 0 aromatic rings. The van der Waals surface area contributed by atoms with Gasteiger partial charge >= 0.3 is 0 Å². The van der Waals surface area contributed by atoms with Crippen molar-refractivity contribution in [2.75, 3.05) is 38.4 Å². The summed E-state index contributed by atoms with van der Waals surface area (Å²) < 4.78 is 0. The maximum atomic E-state index is 2.73. The summed E-state index contributed by atoms with van der Waals surface area (Å²) in [5.74, 6) is 13.8. The normalized spacial score (nSPS) is 60.4. The number of hydrogen-bond donors (Lipinski definition) is 0. The molecule has 1 nitrogen and oxygen atoms in total. The smallest absolute Gasteiger partial charge is 0.00217 e. The van der Waals surface area contributed by atoms with Gasteiger partial charge in [-0.05, 0) is 128 Å². The molecule has 11 unspecified atom stereocenters. The molecule has 154 valence electrons. The van der Waals surface area contributed by atoms with E-state index in [0.29, 0.717) is 0 Å². The summed E-state index contributed by atoms with van der Waals surface area (Å²) in [4.78, 5) is 2.53. The first kappa shape index (κ1) is 18.1. The molecule has 0 amide bonds. The fourth-order valence-corrected chi connectivity index (χ4v) is 13.1. The van der Waals surface area contributed by atoms with E-state index in [1.165, 1.54) is 13.1 Å². The molecule has 27 heavy (non-hydrogen) atoms. The molecule has 2 heterocycles. The lowest BCUT2D eigenvalue weighted by Gasteiger charge is -2.45. The molecular formula is C25H43NS. The quantitative estimate of drug-likeness (QED) is 0.627. The summed E-state index contributed by atoms with van der Waals surface area (Å²) in [6.45, 7) is 8.13. The average molecular weight is 390 g/mol. The molecule has 2 aliphatic heterocycles. The van der Waals surface area contributed by atoms with Crippen LogP contribution in [0.5, 0.6) is 0 Å². The van der Waals surface area contributed by atoms with E-state index in [2.05, 4.69) is 38.3 Å². The predicted octanol–water partition coefficient (Wildman–Crippen LogP) is 5.20. The Morgan fingerprint density at radius 2 is 1.41 bits per heavy atom. The SMILES string of the molecule is CC1C(C2CC2C2CN(C)C2)CCC2CCS(C)(C)C3C(C)C3C3CC3C21. The van der Waals surface area contributed by atoms with Crippen molar-refractivity contribution in [1.82, 2.24) is 4.90 Å². The van der Waals surface area contributed by atoms with Crippen LogP contribution in [0.4, 0.5) is 0 Å². The number of hydrogen-bond acceptors (Lipinski definition) is 1. The van der Waals surface area contributed by atoms with Gasteiger partial charge in [0.15, 0.2) is 0 Å². The van der Waals surface area contributed by atoms with E-state index in [0.717, 1.165) is 70.3 Å². The van der Waals surface area contributed by atoms with Crippen molar-refractivity contribution in [1.29, 1.82) is 0 Å². The molecule has 4 aliphatic carbocycles. The van der Waals surface area contributed by atoms with E-state index in [1.54, 1.807) is 37.9 Å². The molecule has 0 N–H and O–H groups in total. The van der Waals surface area contributed by atoms with Crippen LogP contribution in [0, 0.1) is 65.1 Å². The summed E-state index contributed by atoms with van der Waals surface area (Å²) in [5.41, 5.74) is 0. The minimum atomic E-state index is -0.337. The van der Waals surface area contributed by atoms with Crippen LogP contribution in [0.2, 0.25) is 0 Å². The Balaban J connectivity index is 1.19. The monoisotopic (exact) mass is 389 g/mol. The highest BCUT2D eigenvalue weighted by Gasteiger charge is 2.66. The maximum Gasteiger partial charge on any atom is 0.00217 e. The Hall–Kier alpha value is 0.310. The summed E-state index contributed by atoms with van der Waals surface area (Å²) >= 11 is 0. The molecule has 0 spiro atoms. The lowest BCUT2D eigenvalue weighted by Crippen LogP contribution is -2.45. The summed E-state index contributed by atoms with van der Waals surface area (Å²) in [5, 5.41) is 1.14. The molecule has 0 bridgehead atoms. The minimum absolute atomic E-state index is 0.337. The van der Waals surface area contributed by atoms with Crippen molar-refractivity contribution in [3.8, 4) is 0 Å². The van der Waals surface area contributed by atoms with Crippen LogP contribution in [0.25, 0.3) is 0 Å². The van der Waals surface area contributed by atoms with Gasteiger partial charge in [-0.25, -0.2) is 10.0 Å². The van der Waals surface area contributed by atoms with Crippen LogP contribution in [0.1, 0.15) is 46.0 Å². The zero-order chi connectivity index (χ0) is 18.7. The predicted molar refractivity (Wildman–Crippen MR) is 118 cm³/mol. The van der Waals surface area contributed by atoms with E-state index in [4.69, 9.17) is 0 Å². The van der Waals surface area contributed by atoms with Crippen molar-refractivity contribution >= 4 is 10.0 Å². The standard InChI is InChI=1S/C25H43NS/c1-14-18(20-10-19(20)17-12-26(3)13-17)7-6-16-8-9-27(4,5)25-15(2)24(25)22-11-21(22)23(14)16/h14-25H,6-13H2,1-5H3. The highest BCUT2D eigenvalue weighted by atomic mass is 32.3. The molecular weight excluding hydrogens is 346 g/mol. The van der Waals surface area contributed by atoms with Crippen molar-refractivity contribution in [3.05, 3.63) is 0 Å². The summed E-state index contributed by atoms with van der Waals surface area (Å²) in [6, 6.07) is 0. The average Bonchev–Trinajstić information content (AvgIpc) is 3.44. The van der Waals surface area contributed by atoms with Crippen LogP contribution in [-0.2, 0) is 0 Å². The molecule has 2 heteroatoms. The number of fused-ring (bicyclic) bond motifs is 5. The molecule has 6 rings (SSSR count). The van der Waals surface area contributed by atoms with Crippen LogP contribution >= 0.6 is 10.0 Å². The van der Waals surface area contributed by atoms with Gasteiger partial charge in [0.2, 0.25) is 0 Å². The summed E-state index contributed by atoms with van der Waals surface area (Å²) in [6.07, 6.45) is 13.4. The Kier molecular flexibility index (Phi) is 3.98. The van der Waals surface area contributed by atoms with E-state index >= 15 is 0 Å². The molecule has 0 aromatic carbocycles. The maximum absolute atomic E-state index is 2.73. The lowest BCUT2D eigenvalue weighted by molar-refractivity contribution is 0.0504. The van der Waals surface area contributed by atoms with Gasteiger partial charge in [0.1, 0.15) is 0 Å². The molecule has 0 radical (unpaired) electrons. The van der Waals surface area contributed by atoms with E-state index < -0.39 is 0 Å². The second-order valence-electron chi connectivity index (χ2n) is 12.6. The molecule has 6 aliphatic rings. The second-order valence-corrected chi connectivity index (χ2v) is 16.8. The van der Waals surface area contributed by atoms with Gasteiger partial charge < -0.3 is 4.90 Å². The van der Waals surface area contributed by atoms with Crippen LogP contribution in [0.3, 0.4) is 0 Å². The molecule has 0 aromatic heterocycles. The van der Waals surface area contributed by atoms with E-state index in [1.807, 2.05) is 0 Å². The van der Waals surface area contributed by atoms with Gasteiger partial charge in [0.25, 0.3) is 0 Å². The molecule has 11 atom stereocenters. The summed E-state index contributed by atoms with van der Waals surface area (Å²) in [7, 11) is 1.97. The van der Waals surface area contributed by atoms with Gasteiger partial charge in [0, 0.05) is 13.1 Å². The largest absolute Gasteiger partial charge is 0.306 e. The van der Waals surface area contributed by atoms with Gasteiger partial charge in [-0.15, -0.1) is 0 Å². The van der Waals surface area contributed by atoms with Crippen LogP contribution in [-0.4, -0.2) is 48.6 Å². The Morgan fingerprint density at radius 1 is 0.704 bits per heavy atom. The Labute approximate surface area is 169 Å². The number of nitrogens with zero attached hydrogens (tertiary/aromatic N) is 1. The minimum Gasteiger partial charge on any atom is -0.306 e. The van der Waals surface area contributed by atoms with E-state index in [9.17, 15) is 0 Å². The zero-order valence-corrected chi connectivity index (χ0v) is 19.3. The van der Waals surface area contributed by atoms with Crippen LogP contribution in [0.15, 0.2) is 0 Å². The highest BCUT2D eigenvalue weighted by Crippen LogP contribution is 2.74. The van der Waals surface area contributed by atoms with Crippen molar-refractivity contribution in [3.63, 3.8) is 0 Å². The fourth-order valence-electron chi connectivity index (χ4n) is 9.35. The van der Waals surface area contributed by atoms with Crippen LogP contribution < -0.4 is 0 Å². The Morgan fingerprint density at radius 3 is 2.15 bits per heavy atom. The Bertz CT molecular complexity index is 609. The first-order valence-electron chi connectivity index (χ1n) is 12.2. The van der Waals surface area contributed by atoms with Crippen molar-refractivity contribution < 1.29 is 0 Å².